The van der Waals surface area contributed by atoms with Crippen LogP contribution in [0.5, 0.6) is 0 Å². The standard InChI is InChI=1S/C18H18F2N6/c1-18(19,20)11-23-17-22-10-13-12(4-2-3-5-14(13)24-17)15-6-7-16-21-8-9-26(16)25-15/h4,6-10H,2-3,5,11H2,1H3,(H,22,23,24). The van der Waals surface area contributed by atoms with Crippen LogP contribution < -0.4 is 5.32 Å². The van der Waals surface area contributed by atoms with E-state index < -0.39 is 12.5 Å². The van der Waals surface area contributed by atoms with Gasteiger partial charge < -0.3 is 5.32 Å². The number of aromatic nitrogens is 5. The van der Waals surface area contributed by atoms with Gasteiger partial charge in [0, 0.05) is 36.7 Å². The smallest absolute Gasteiger partial charge is 0.262 e. The SMILES string of the molecule is CC(F)(F)CNc1ncc2c(n1)CCCC=C2c1ccc2nccn2n1. The van der Waals surface area contributed by atoms with Gasteiger partial charge in [-0.1, -0.05) is 6.08 Å². The number of nitrogens with one attached hydrogen (secondary N) is 1. The molecule has 0 saturated carbocycles. The molecule has 0 radical (unpaired) electrons. The van der Waals surface area contributed by atoms with E-state index in [0.29, 0.717) is 0 Å². The monoisotopic (exact) mass is 356 g/mol. The summed E-state index contributed by atoms with van der Waals surface area (Å²) in [5.74, 6) is -2.59. The lowest BCUT2D eigenvalue weighted by molar-refractivity contribution is 0.0366. The molecule has 0 saturated heterocycles. The van der Waals surface area contributed by atoms with E-state index in [1.165, 1.54) is 0 Å². The topological polar surface area (TPSA) is 68.0 Å². The van der Waals surface area contributed by atoms with Gasteiger partial charge in [-0.05, 0) is 31.4 Å². The molecule has 0 unspecified atom stereocenters. The molecule has 1 N–H and O–H groups in total. The summed E-state index contributed by atoms with van der Waals surface area (Å²) in [6.07, 6.45) is 9.91. The number of anilines is 1. The fourth-order valence-corrected chi connectivity index (χ4v) is 2.98. The second kappa shape index (κ2) is 6.44. The number of rotatable bonds is 4. The van der Waals surface area contributed by atoms with Crippen LogP contribution in [-0.2, 0) is 6.42 Å². The normalized spacial score (nSPS) is 14.7. The number of nitrogens with zero attached hydrogens (tertiary/aromatic N) is 5. The van der Waals surface area contributed by atoms with Gasteiger partial charge in [0.1, 0.15) is 0 Å². The predicted octanol–water partition coefficient (Wildman–Crippen LogP) is 3.35. The predicted molar refractivity (Wildman–Crippen MR) is 94.1 cm³/mol. The summed E-state index contributed by atoms with van der Waals surface area (Å²) >= 11 is 0. The van der Waals surface area contributed by atoms with E-state index in [-0.39, 0.29) is 5.95 Å². The Labute approximate surface area is 149 Å². The average molecular weight is 356 g/mol. The van der Waals surface area contributed by atoms with Gasteiger partial charge in [-0.25, -0.2) is 28.2 Å². The molecule has 0 atom stereocenters. The minimum Gasteiger partial charge on any atom is -0.348 e. The van der Waals surface area contributed by atoms with Crippen LogP contribution in [0.1, 0.15) is 36.7 Å². The summed E-state index contributed by atoms with van der Waals surface area (Å²) in [6.45, 7) is 0.371. The second-order valence-corrected chi connectivity index (χ2v) is 6.44. The highest BCUT2D eigenvalue weighted by molar-refractivity contribution is 5.79. The van der Waals surface area contributed by atoms with Crippen LogP contribution in [-0.4, -0.2) is 37.0 Å². The Hall–Kier alpha value is -2.90. The second-order valence-electron chi connectivity index (χ2n) is 6.44. The molecule has 1 aliphatic rings. The summed E-state index contributed by atoms with van der Waals surface area (Å²) < 4.78 is 27.8. The summed E-state index contributed by atoms with van der Waals surface area (Å²) in [5.41, 5.74) is 4.28. The molecule has 0 aliphatic heterocycles. The number of fused-ring (bicyclic) bond motifs is 2. The van der Waals surface area contributed by atoms with Crippen LogP contribution >= 0.6 is 0 Å². The Kier molecular flexibility index (Phi) is 4.10. The maximum Gasteiger partial charge on any atom is 0.262 e. The molecule has 0 aromatic carbocycles. The van der Waals surface area contributed by atoms with E-state index in [4.69, 9.17) is 0 Å². The molecule has 4 rings (SSSR count). The largest absolute Gasteiger partial charge is 0.348 e. The van der Waals surface area contributed by atoms with Crippen LogP contribution in [0.25, 0.3) is 11.2 Å². The summed E-state index contributed by atoms with van der Waals surface area (Å²) in [4.78, 5) is 12.9. The van der Waals surface area contributed by atoms with Gasteiger partial charge in [-0.15, -0.1) is 0 Å². The first-order chi connectivity index (χ1) is 12.5. The first-order valence-corrected chi connectivity index (χ1v) is 8.48. The van der Waals surface area contributed by atoms with Gasteiger partial charge in [0.2, 0.25) is 5.95 Å². The molecule has 0 amide bonds. The Morgan fingerprint density at radius 1 is 1.27 bits per heavy atom. The fourth-order valence-electron chi connectivity index (χ4n) is 2.98. The molecular weight excluding hydrogens is 338 g/mol. The molecule has 3 aromatic rings. The Balaban J connectivity index is 1.69. The fraction of sp³-hybridized carbons (Fsp3) is 0.333. The first kappa shape index (κ1) is 16.6. The number of halogens is 2. The molecule has 6 nitrogen and oxygen atoms in total. The van der Waals surface area contributed by atoms with Crippen molar-refractivity contribution in [3.05, 3.63) is 53.8 Å². The van der Waals surface area contributed by atoms with Crippen molar-refractivity contribution in [1.82, 2.24) is 24.6 Å². The zero-order valence-electron chi connectivity index (χ0n) is 14.3. The summed E-state index contributed by atoms with van der Waals surface area (Å²) in [5, 5.41) is 7.22. The Morgan fingerprint density at radius 2 is 2.15 bits per heavy atom. The van der Waals surface area contributed by atoms with Crippen molar-refractivity contribution in [2.24, 2.45) is 0 Å². The van der Waals surface area contributed by atoms with Gasteiger partial charge in [0.25, 0.3) is 5.92 Å². The van der Waals surface area contributed by atoms with Crippen LogP contribution in [0.3, 0.4) is 0 Å². The maximum atomic E-state index is 13.1. The van der Waals surface area contributed by atoms with E-state index in [1.54, 1.807) is 23.1 Å². The molecule has 3 heterocycles. The van der Waals surface area contributed by atoms with E-state index in [1.807, 2.05) is 12.1 Å². The highest BCUT2D eigenvalue weighted by Crippen LogP contribution is 2.29. The Bertz CT molecular complexity index is 973. The van der Waals surface area contributed by atoms with E-state index >= 15 is 0 Å². The third-order valence-electron chi connectivity index (χ3n) is 4.21. The minimum absolute atomic E-state index is 0.226. The molecule has 8 heteroatoms. The molecule has 0 spiro atoms. The van der Waals surface area contributed by atoms with Gasteiger partial charge in [0.15, 0.2) is 5.65 Å². The number of allylic oxidation sites excluding steroid dienone is 1. The number of hydrogen-bond donors (Lipinski definition) is 1. The van der Waals surface area contributed by atoms with E-state index in [2.05, 4.69) is 31.4 Å². The average Bonchev–Trinajstić information content (AvgIpc) is 2.97. The molecule has 0 bridgehead atoms. The van der Waals surface area contributed by atoms with Crippen LogP contribution in [0.2, 0.25) is 0 Å². The summed E-state index contributed by atoms with van der Waals surface area (Å²) in [6, 6.07) is 3.83. The van der Waals surface area contributed by atoms with Gasteiger partial charge >= 0.3 is 0 Å². The van der Waals surface area contributed by atoms with Gasteiger partial charge in [-0.2, -0.15) is 5.10 Å². The number of hydrogen-bond acceptors (Lipinski definition) is 5. The highest BCUT2D eigenvalue weighted by atomic mass is 19.3. The third-order valence-corrected chi connectivity index (χ3v) is 4.21. The quantitative estimate of drug-likeness (QED) is 0.776. The highest BCUT2D eigenvalue weighted by Gasteiger charge is 2.22. The Morgan fingerprint density at radius 3 is 3.00 bits per heavy atom. The molecular formula is C18H18F2N6. The maximum absolute atomic E-state index is 13.1. The molecule has 134 valence electrons. The van der Waals surface area contributed by atoms with Crippen molar-refractivity contribution in [3.63, 3.8) is 0 Å². The van der Waals surface area contributed by atoms with Crippen molar-refractivity contribution in [3.8, 4) is 0 Å². The molecule has 3 aromatic heterocycles. The van der Waals surface area contributed by atoms with Crippen molar-refractivity contribution in [2.45, 2.75) is 32.1 Å². The molecule has 1 aliphatic carbocycles. The third kappa shape index (κ3) is 3.40. The number of aryl methyl sites for hydroxylation is 1. The zero-order valence-corrected chi connectivity index (χ0v) is 14.3. The van der Waals surface area contributed by atoms with Crippen molar-refractivity contribution >= 4 is 17.2 Å². The number of imidazole rings is 1. The molecule has 26 heavy (non-hydrogen) atoms. The van der Waals surface area contributed by atoms with E-state index in [9.17, 15) is 8.78 Å². The summed E-state index contributed by atoms with van der Waals surface area (Å²) in [7, 11) is 0. The van der Waals surface area contributed by atoms with Crippen molar-refractivity contribution in [2.75, 3.05) is 11.9 Å². The van der Waals surface area contributed by atoms with E-state index in [0.717, 1.165) is 54.4 Å². The van der Waals surface area contributed by atoms with Gasteiger partial charge in [-0.3, -0.25) is 0 Å². The van der Waals surface area contributed by atoms with Crippen molar-refractivity contribution < 1.29 is 8.78 Å². The van der Waals surface area contributed by atoms with Crippen molar-refractivity contribution in [1.29, 1.82) is 0 Å². The zero-order chi connectivity index (χ0) is 18.1. The molecule has 0 fully saturated rings. The first-order valence-electron chi connectivity index (χ1n) is 8.48. The van der Waals surface area contributed by atoms with Crippen LogP contribution in [0.15, 0.2) is 36.8 Å². The lowest BCUT2D eigenvalue weighted by Crippen LogP contribution is -2.24. The minimum atomic E-state index is -2.81. The number of alkyl halides is 2. The van der Waals surface area contributed by atoms with Crippen LogP contribution in [0.4, 0.5) is 14.7 Å². The van der Waals surface area contributed by atoms with Crippen LogP contribution in [0, 0.1) is 0 Å². The lowest BCUT2D eigenvalue weighted by Gasteiger charge is -2.14. The van der Waals surface area contributed by atoms with Gasteiger partial charge in [0.05, 0.1) is 17.9 Å². The lowest BCUT2D eigenvalue weighted by atomic mass is 10.0.